The molecule has 22 heavy (non-hydrogen) atoms. The number of thiophene rings is 1. The Hall–Kier alpha value is -1.40. The van der Waals surface area contributed by atoms with E-state index in [1.165, 1.54) is 11.3 Å². The second-order valence-corrected chi connectivity index (χ2v) is 6.67. The smallest absolute Gasteiger partial charge is 0.341 e. The second kappa shape index (κ2) is 7.74. The van der Waals surface area contributed by atoms with Crippen LogP contribution in [0.2, 0.25) is 0 Å². The highest BCUT2D eigenvalue weighted by atomic mass is 32.1. The maximum absolute atomic E-state index is 12.4. The average Bonchev–Trinajstić information content (AvgIpc) is 2.83. The van der Waals surface area contributed by atoms with Crippen molar-refractivity contribution in [3.8, 4) is 0 Å². The van der Waals surface area contributed by atoms with Crippen molar-refractivity contribution in [3.63, 3.8) is 0 Å². The minimum absolute atomic E-state index is 0.0124. The molecule has 1 aromatic heterocycles. The van der Waals surface area contributed by atoms with E-state index in [2.05, 4.69) is 10.6 Å². The van der Waals surface area contributed by atoms with Gasteiger partial charge in [0.2, 0.25) is 5.91 Å². The van der Waals surface area contributed by atoms with Gasteiger partial charge in [-0.2, -0.15) is 0 Å². The standard InChI is InChI=1S/C16H24N2O3S/c1-4-12-10(3)22-15(13(12)16(20)21-5-2)18-14(19)11-7-6-8-17-9-11/h11,17H,4-9H2,1-3H3,(H,18,19)/t11-/m1/s1. The molecule has 0 saturated carbocycles. The van der Waals surface area contributed by atoms with Crippen LogP contribution in [0.15, 0.2) is 0 Å². The first kappa shape index (κ1) is 17.0. The van der Waals surface area contributed by atoms with Crippen LogP contribution in [0.3, 0.4) is 0 Å². The molecule has 0 aliphatic carbocycles. The SMILES string of the molecule is CCOC(=O)c1c(NC(=O)[C@@H]2CCCNC2)sc(C)c1CC. The number of amides is 1. The Morgan fingerprint density at radius 3 is 2.77 bits per heavy atom. The van der Waals surface area contributed by atoms with Crippen LogP contribution in [0.25, 0.3) is 0 Å². The minimum Gasteiger partial charge on any atom is -0.462 e. The van der Waals surface area contributed by atoms with Crippen molar-refractivity contribution in [2.24, 2.45) is 5.92 Å². The van der Waals surface area contributed by atoms with Gasteiger partial charge in [-0.05, 0) is 45.2 Å². The lowest BCUT2D eigenvalue weighted by Crippen LogP contribution is -2.37. The van der Waals surface area contributed by atoms with Gasteiger partial charge in [0.15, 0.2) is 0 Å². The molecule has 5 nitrogen and oxygen atoms in total. The molecule has 0 radical (unpaired) electrons. The highest BCUT2D eigenvalue weighted by molar-refractivity contribution is 7.16. The highest BCUT2D eigenvalue weighted by Gasteiger charge is 2.26. The fraction of sp³-hybridized carbons (Fsp3) is 0.625. The molecule has 0 unspecified atom stereocenters. The average molecular weight is 324 g/mol. The number of rotatable bonds is 5. The molecule has 2 N–H and O–H groups in total. The Kier molecular flexibility index (Phi) is 5.97. The number of esters is 1. The largest absolute Gasteiger partial charge is 0.462 e. The molecule has 1 atom stereocenters. The number of anilines is 1. The molecule has 0 bridgehead atoms. The number of hydrogen-bond acceptors (Lipinski definition) is 5. The summed E-state index contributed by atoms with van der Waals surface area (Å²) in [4.78, 5) is 25.7. The van der Waals surface area contributed by atoms with Crippen LogP contribution in [-0.4, -0.2) is 31.6 Å². The summed E-state index contributed by atoms with van der Waals surface area (Å²) in [6.07, 6.45) is 2.64. The zero-order valence-corrected chi connectivity index (χ0v) is 14.3. The second-order valence-electron chi connectivity index (χ2n) is 5.45. The number of carbonyl (C=O) groups is 2. The fourth-order valence-electron chi connectivity index (χ4n) is 2.80. The summed E-state index contributed by atoms with van der Waals surface area (Å²) in [5.74, 6) is -0.390. The Labute approximate surface area is 135 Å². The quantitative estimate of drug-likeness (QED) is 0.817. The van der Waals surface area contributed by atoms with Crippen LogP contribution in [0.5, 0.6) is 0 Å². The topological polar surface area (TPSA) is 67.4 Å². The van der Waals surface area contributed by atoms with E-state index in [4.69, 9.17) is 4.74 Å². The molecule has 122 valence electrons. The van der Waals surface area contributed by atoms with Crippen molar-refractivity contribution in [2.75, 3.05) is 25.0 Å². The molecule has 1 aromatic rings. The van der Waals surface area contributed by atoms with Crippen LogP contribution in [0.4, 0.5) is 5.00 Å². The van der Waals surface area contributed by atoms with E-state index < -0.39 is 0 Å². The van der Waals surface area contributed by atoms with Crippen LogP contribution in [0.1, 0.15) is 47.5 Å². The van der Waals surface area contributed by atoms with Crippen LogP contribution in [0, 0.1) is 12.8 Å². The lowest BCUT2D eigenvalue weighted by molar-refractivity contribution is -0.120. The van der Waals surface area contributed by atoms with Gasteiger partial charge in [-0.1, -0.05) is 6.92 Å². The Balaban J connectivity index is 2.22. The first-order valence-corrected chi connectivity index (χ1v) is 8.71. The summed E-state index contributed by atoms with van der Waals surface area (Å²) in [5.41, 5.74) is 1.50. The van der Waals surface area contributed by atoms with E-state index in [1.54, 1.807) is 6.92 Å². The van der Waals surface area contributed by atoms with Gasteiger partial charge in [-0.25, -0.2) is 4.79 Å². The summed E-state index contributed by atoms with van der Waals surface area (Å²) in [6, 6.07) is 0. The number of carbonyl (C=O) groups excluding carboxylic acids is 2. The fourth-order valence-corrected chi connectivity index (χ4v) is 3.94. The number of ether oxygens (including phenoxy) is 1. The molecule has 0 spiro atoms. The molecule has 6 heteroatoms. The van der Waals surface area contributed by atoms with Crippen molar-refractivity contribution >= 4 is 28.2 Å². The zero-order chi connectivity index (χ0) is 16.1. The Morgan fingerprint density at radius 2 is 2.18 bits per heavy atom. The lowest BCUT2D eigenvalue weighted by Gasteiger charge is -2.21. The molecule has 2 heterocycles. The molecular formula is C16H24N2O3S. The van der Waals surface area contributed by atoms with Gasteiger partial charge in [0, 0.05) is 11.4 Å². The predicted octanol–water partition coefficient (Wildman–Crippen LogP) is 2.73. The number of aryl methyl sites for hydroxylation is 1. The summed E-state index contributed by atoms with van der Waals surface area (Å²) in [6.45, 7) is 7.77. The maximum atomic E-state index is 12.4. The van der Waals surface area contributed by atoms with Gasteiger partial charge >= 0.3 is 5.97 Å². The molecule has 1 aliphatic heterocycles. The molecule has 1 aliphatic rings. The van der Waals surface area contributed by atoms with Crippen LogP contribution in [-0.2, 0) is 16.0 Å². The lowest BCUT2D eigenvalue weighted by atomic mass is 9.99. The number of hydrogen-bond donors (Lipinski definition) is 2. The van der Waals surface area contributed by atoms with Crippen molar-refractivity contribution < 1.29 is 14.3 Å². The van der Waals surface area contributed by atoms with Crippen molar-refractivity contribution in [3.05, 3.63) is 16.0 Å². The third kappa shape index (κ3) is 3.67. The zero-order valence-electron chi connectivity index (χ0n) is 13.5. The minimum atomic E-state index is -0.347. The third-order valence-electron chi connectivity index (χ3n) is 3.95. The van der Waals surface area contributed by atoms with Gasteiger partial charge < -0.3 is 15.4 Å². The van der Waals surface area contributed by atoms with Crippen LogP contribution >= 0.6 is 11.3 Å². The van der Waals surface area contributed by atoms with E-state index >= 15 is 0 Å². The molecule has 1 fully saturated rings. The first-order valence-electron chi connectivity index (χ1n) is 7.89. The number of piperidine rings is 1. The Bertz CT molecular complexity index is 548. The predicted molar refractivity (Wildman–Crippen MR) is 88.6 cm³/mol. The van der Waals surface area contributed by atoms with Gasteiger partial charge in [-0.3, -0.25) is 4.79 Å². The summed E-state index contributed by atoms with van der Waals surface area (Å²) in [5, 5.41) is 6.82. The van der Waals surface area contributed by atoms with Gasteiger partial charge in [0.05, 0.1) is 18.1 Å². The molecule has 2 rings (SSSR count). The van der Waals surface area contributed by atoms with Crippen molar-refractivity contribution in [1.29, 1.82) is 0 Å². The monoisotopic (exact) mass is 324 g/mol. The molecule has 1 saturated heterocycles. The summed E-state index contributed by atoms with van der Waals surface area (Å²) in [7, 11) is 0. The Morgan fingerprint density at radius 1 is 1.41 bits per heavy atom. The van der Waals surface area contributed by atoms with Crippen molar-refractivity contribution in [1.82, 2.24) is 5.32 Å². The van der Waals surface area contributed by atoms with Gasteiger partial charge in [-0.15, -0.1) is 11.3 Å². The van der Waals surface area contributed by atoms with E-state index in [-0.39, 0.29) is 17.8 Å². The van der Waals surface area contributed by atoms with Gasteiger partial charge in [0.25, 0.3) is 0 Å². The first-order chi connectivity index (χ1) is 10.6. The summed E-state index contributed by atoms with van der Waals surface area (Å²) < 4.78 is 5.16. The van der Waals surface area contributed by atoms with E-state index in [0.29, 0.717) is 23.7 Å². The van der Waals surface area contributed by atoms with Crippen LogP contribution < -0.4 is 10.6 Å². The maximum Gasteiger partial charge on any atom is 0.341 e. The molecule has 0 aromatic carbocycles. The van der Waals surface area contributed by atoms with Gasteiger partial charge in [0.1, 0.15) is 5.00 Å². The van der Waals surface area contributed by atoms with Crippen molar-refractivity contribution in [2.45, 2.75) is 40.0 Å². The van der Waals surface area contributed by atoms with E-state index in [1.807, 2.05) is 13.8 Å². The van der Waals surface area contributed by atoms with E-state index in [0.717, 1.165) is 36.2 Å². The molecular weight excluding hydrogens is 300 g/mol. The molecule has 1 amide bonds. The highest BCUT2D eigenvalue weighted by Crippen LogP contribution is 2.34. The third-order valence-corrected chi connectivity index (χ3v) is 5.01. The summed E-state index contributed by atoms with van der Waals surface area (Å²) >= 11 is 1.46. The number of nitrogens with one attached hydrogen (secondary N) is 2. The van der Waals surface area contributed by atoms with E-state index in [9.17, 15) is 9.59 Å². The normalized spacial score (nSPS) is 18.0.